The van der Waals surface area contributed by atoms with Crippen LogP contribution in [0.1, 0.15) is 19.8 Å². The number of alkyl halides is 3. The number of ether oxygens (including phenoxy) is 1. The molecule has 1 heterocycles. The third-order valence-corrected chi connectivity index (χ3v) is 4.66. The molecule has 3 atom stereocenters. The van der Waals surface area contributed by atoms with Crippen LogP contribution in [0.4, 0.5) is 18.9 Å². The quantitative estimate of drug-likeness (QED) is 0.642. The molecule has 27 heavy (non-hydrogen) atoms. The number of allylic oxidation sites excluding steroid dienone is 2. The van der Waals surface area contributed by atoms with Gasteiger partial charge in [0.05, 0.1) is 11.8 Å². The van der Waals surface area contributed by atoms with Crippen LogP contribution < -0.4 is 10.1 Å². The summed E-state index contributed by atoms with van der Waals surface area (Å²) >= 11 is 0. The maximum Gasteiger partial charge on any atom is 0.573 e. The van der Waals surface area contributed by atoms with Crippen LogP contribution in [0.2, 0.25) is 0 Å². The number of nitrogens with zero attached hydrogens (tertiary/aromatic N) is 1. The molecule has 1 fully saturated rings. The number of amides is 3. The zero-order valence-corrected chi connectivity index (χ0v) is 14.3. The van der Waals surface area contributed by atoms with Crippen molar-refractivity contribution in [1.82, 2.24) is 4.90 Å². The molecule has 0 aromatic heterocycles. The Hall–Kier alpha value is -2.84. The molecule has 1 N–H and O–H groups in total. The van der Waals surface area contributed by atoms with E-state index in [1.54, 1.807) is 0 Å². The predicted octanol–water partition coefficient (Wildman–Crippen LogP) is 2.86. The predicted molar refractivity (Wildman–Crippen MR) is 88.4 cm³/mol. The van der Waals surface area contributed by atoms with Crippen LogP contribution in [-0.4, -0.2) is 35.0 Å². The van der Waals surface area contributed by atoms with Gasteiger partial charge in [-0.05, 0) is 44.0 Å². The lowest BCUT2D eigenvalue weighted by atomic mass is 9.85. The third kappa shape index (κ3) is 3.96. The highest BCUT2D eigenvalue weighted by molar-refractivity contribution is 6.10. The largest absolute Gasteiger partial charge is 0.573 e. The van der Waals surface area contributed by atoms with Crippen molar-refractivity contribution >= 4 is 23.4 Å². The van der Waals surface area contributed by atoms with E-state index in [-0.39, 0.29) is 17.5 Å². The van der Waals surface area contributed by atoms with Crippen LogP contribution in [0.25, 0.3) is 0 Å². The van der Waals surface area contributed by atoms with Gasteiger partial charge in [0.25, 0.3) is 0 Å². The second kappa shape index (κ2) is 7.05. The molecule has 144 valence electrons. The number of nitrogens with one attached hydrogen (secondary N) is 1. The van der Waals surface area contributed by atoms with Crippen molar-refractivity contribution in [3.8, 4) is 5.75 Å². The summed E-state index contributed by atoms with van der Waals surface area (Å²) in [6.07, 6.45) is -0.154. The molecule has 9 heteroatoms. The number of halogens is 3. The van der Waals surface area contributed by atoms with Crippen molar-refractivity contribution in [2.45, 2.75) is 32.2 Å². The van der Waals surface area contributed by atoms with Gasteiger partial charge in [0.2, 0.25) is 17.7 Å². The lowest BCUT2D eigenvalue weighted by Gasteiger charge is -2.22. The van der Waals surface area contributed by atoms with Crippen LogP contribution >= 0.6 is 0 Å². The molecule has 6 nitrogen and oxygen atoms in total. The van der Waals surface area contributed by atoms with Crippen molar-refractivity contribution in [3.63, 3.8) is 0 Å². The SMILES string of the molecule is C[C@H](C(=O)Nc1ccc(OC(F)(F)F)cc1)N1C(=O)[C@H]2CC=CC[C@H]2C1=O. The second-order valence-electron chi connectivity index (χ2n) is 6.44. The van der Waals surface area contributed by atoms with E-state index in [4.69, 9.17) is 0 Å². The number of imide groups is 1. The number of fused-ring (bicyclic) bond motifs is 1. The third-order valence-electron chi connectivity index (χ3n) is 4.66. The maximum absolute atomic E-state index is 12.5. The number of carbonyl (C=O) groups is 3. The van der Waals surface area contributed by atoms with E-state index in [2.05, 4.69) is 10.1 Å². The van der Waals surface area contributed by atoms with E-state index in [1.807, 2.05) is 12.2 Å². The Morgan fingerprint density at radius 1 is 1.11 bits per heavy atom. The van der Waals surface area contributed by atoms with Crippen molar-refractivity contribution < 1.29 is 32.3 Å². The minimum absolute atomic E-state index is 0.222. The summed E-state index contributed by atoms with van der Waals surface area (Å²) in [7, 11) is 0. The highest BCUT2D eigenvalue weighted by Crippen LogP contribution is 2.36. The average Bonchev–Trinajstić information content (AvgIpc) is 2.86. The molecule has 1 aliphatic heterocycles. The van der Waals surface area contributed by atoms with Gasteiger partial charge in [-0.25, -0.2) is 0 Å². The Bertz CT molecular complexity index is 763. The summed E-state index contributed by atoms with van der Waals surface area (Å²) in [5, 5.41) is 2.49. The summed E-state index contributed by atoms with van der Waals surface area (Å²) in [4.78, 5) is 38.4. The molecule has 0 bridgehead atoms. The number of likely N-dealkylation sites (tertiary alicyclic amines) is 1. The van der Waals surface area contributed by atoms with Gasteiger partial charge in [-0.15, -0.1) is 13.2 Å². The van der Waals surface area contributed by atoms with Crippen LogP contribution in [0.5, 0.6) is 5.75 Å². The van der Waals surface area contributed by atoms with Gasteiger partial charge in [0.15, 0.2) is 0 Å². The molecule has 3 amide bonds. The molecule has 0 radical (unpaired) electrons. The lowest BCUT2D eigenvalue weighted by molar-refractivity contribution is -0.274. The fourth-order valence-electron chi connectivity index (χ4n) is 3.31. The standard InChI is InChI=1S/C18H17F3N2O4/c1-10(23-16(25)13-4-2-3-5-14(13)17(23)26)15(24)22-11-6-8-12(9-7-11)27-18(19,20)21/h2-3,6-10,13-14H,4-5H2,1H3,(H,22,24)/t10-,13-,14+/m1/s1. The Morgan fingerprint density at radius 3 is 2.11 bits per heavy atom. The Kier molecular flexibility index (Phi) is 4.95. The molecule has 0 unspecified atom stereocenters. The van der Waals surface area contributed by atoms with Crippen molar-refractivity contribution in [2.24, 2.45) is 11.8 Å². The van der Waals surface area contributed by atoms with E-state index in [0.29, 0.717) is 12.8 Å². The molecular weight excluding hydrogens is 365 g/mol. The monoisotopic (exact) mass is 382 g/mol. The first-order valence-electron chi connectivity index (χ1n) is 8.36. The number of benzene rings is 1. The smallest absolute Gasteiger partial charge is 0.406 e. The average molecular weight is 382 g/mol. The summed E-state index contributed by atoms with van der Waals surface area (Å²) in [6.45, 7) is 1.44. The van der Waals surface area contributed by atoms with Crippen molar-refractivity contribution in [1.29, 1.82) is 0 Å². The second-order valence-corrected chi connectivity index (χ2v) is 6.44. The highest BCUT2D eigenvalue weighted by Gasteiger charge is 2.50. The summed E-state index contributed by atoms with van der Waals surface area (Å²) < 4.78 is 40.2. The molecule has 0 spiro atoms. The van der Waals surface area contributed by atoms with Gasteiger partial charge < -0.3 is 10.1 Å². The Balaban J connectivity index is 1.66. The van der Waals surface area contributed by atoms with Crippen molar-refractivity contribution in [3.05, 3.63) is 36.4 Å². The zero-order chi connectivity index (χ0) is 19.8. The summed E-state index contributed by atoms with van der Waals surface area (Å²) in [5.41, 5.74) is 0.222. The number of carbonyl (C=O) groups excluding carboxylic acids is 3. The molecule has 2 aliphatic rings. The Morgan fingerprint density at radius 2 is 1.63 bits per heavy atom. The molecular formula is C18H17F3N2O4. The molecule has 1 aromatic carbocycles. The van der Waals surface area contributed by atoms with Gasteiger partial charge in [0.1, 0.15) is 11.8 Å². The molecule has 3 rings (SSSR count). The molecule has 1 saturated heterocycles. The summed E-state index contributed by atoms with van der Waals surface area (Å²) in [5.74, 6) is -2.63. The maximum atomic E-state index is 12.5. The number of anilines is 1. The van der Waals surface area contributed by atoms with Gasteiger partial charge in [0, 0.05) is 5.69 Å². The number of hydrogen-bond acceptors (Lipinski definition) is 4. The van der Waals surface area contributed by atoms with E-state index in [9.17, 15) is 27.6 Å². The molecule has 1 aliphatic carbocycles. The van der Waals surface area contributed by atoms with Crippen LogP contribution in [0, 0.1) is 11.8 Å². The van der Waals surface area contributed by atoms with Gasteiger partial charge in [-0.1, -0.05) is 12.2 Å². The minimum atomic E-state index is -4.80. The summed E-state index contributed by atoms with van der Waals surface area (Å²) in [6, 6.07) is 3.56. The number of hydrogen-bond donors (Lipinski definition) is 1. The lowest BCUT2D eigenvalue weighted by Crippen LogP contribution is -2.46. The minimum Gasteiger partial charge on any atom is -0.406 e. The zero-order valence-electron chi connectivity index (χ0n) is 14.3. The van der Waals surface area contributed by atoms with Gasteiger partial charge in [-0.3, -0.25) is 19.3 Å². The molecule has 0 saturated carbocycles. The topological polar surface area (TPSA) is 75.7 Å². The first kappa shape index (κ1) is 18.9. The van der Waals surface area contributed by atoms with E-state index in [1.165, 1.54) is 19.1 Å². The van der Waals surface area contributed by atoms with Gasteiger partial charge >= 0.3 is 6.36 Å². The normalized spacial score (nSPS) is 23.2. The van der Waals surface area contributed by atoms with Crippen LogP contribution in [0.3, 0.4) is 0 Å². The van der Waals surface area contributed by atoms with Crippen molar-refractivity contribution in [2.75, 3.05) is 5.32 Å². The van der Waals surface area contributed by atoms with E-state index in [0.717, 1.165) is 17.0 Å². The highest BCUT2D eigenvalue weighted by atomic mass is 19.4. The van der Waals surface area contributed by atoms with E-state index < -0.39 is 35.9 Å². The van der Waals surface area contributed by atoms with E-state index >= 15 is 0 Å². The first-order valence-corrected chi connectivity index (χ1v) is 8.36. The molecule has 1 aromatic rings. The van der Waals surface area contributed by atoms with Crippen LogP contribution in [0.15, 0.2) is 36.4 Å². The fraction of sp³-hybridized carbons (Fsp3) is 0.389. The fourth-order valence-corrected chi connectivity index (χ4v) is 3.31. The number of rotatable bonds is 4. The first-order chi connectivity index (χ1) is 12.7. The van der Waals surface area contributed by atoms with Gasteiger partial charge in [-0.2, -0.15) is 0 Å². The van der Waals surface area contributed by atoms with Crippen LogP contribution in [-0.2, 0) is 14.4 Å². The Labute approximate surface area is 153 Å².